The topological polar surface area (TPSA) is 104 Å². The van der Waals surface area contributed by atoms with Crippen molar-refractivity contribution in [1.82, 2.24) is 24.8 Å². The van der Waals surface area contributed by atoms with Crippen LogP contribution in [0.25, 0.3) is 0 Å². The van der Waals surface area contributed by atoms with Crippen LogP contribution < -0.4 is 10.6 Å². The van der Waals surface area contributed by atoms with E-state index in [2.05, 4.69) is 24.8 Å². The number of nitrogens with zero attached hydrogens (tertiary/aromatic N) is 5. The molecule has 0 unspecified atom stereocenters. The minimum absolute atomic E-state index is 0. The molecule has 1 saturated heterocycles. The Morgan fingerprint density at radius 2 is 1.89 bits per heavy atom. The molecule has 4 heterocycles. The zero-order valence-electron chi connectivity index (χ0n) is 15.7. The number of hydrogen-bond acceptors (Lipinski definition) is 6. The second-order valence-corrected chi connectivity index (χ2v) is 7.03. The number of imidazole rings is 1. The van der Waals surface area contributed by atoms with E-state index in [-0.39, 0.29) is 30.7 Å². The van der Waals surface area contributed by atoms with Crippen molar-refractivity contribution in [2.24, 2.45) is 5.73 Å². The van der Waals surface area contributed by atoms with Crippen molar-refractivity contribution in [3.8, 4) is 0 Å². The lowest BCUT2D eigenvalue weighted by Gasteiger charge is -2.24. The molecule has 0 spiro atoms. The maximum Gasteiger partial charge on any atom is 0.239 e. The van der Waals surface area contributed by atoms with Crippen LogP contribution >= 0.6 is 24.8 Å². The standard InChI is InChI=1S/C18H25N7O.2ClH/c19-15(9-13-10-20-11-21-13)18(26)25-7-3-14-16(4-8-25)22-12-23-17(14)24-5-1-2-6-24;;/h10-12,15H,1-9,19H2,(H,20,21);2*1H/t15-;;/m0../s1. The van der Waals surface area contributed by atoms with Crippen molar-refractivity contribution in [2.45, 2.75) is 38.1 Å². The molecule has 0 aromatic carbocycles. The first kappa shape index (κ1) is 22.4. The van der Waals surface area contributed by atoms with Crippen molar-refractivity contribution in [3.63, 3.8) is 0 Å². The summed E-state index contributed by atoms with van der Waals surface area (Å²) in [4.78, 5) is 33.0. The predicted molar refractivity (Wildman–Crippen MR) is 112 cm³/mol. The molecule has 154 valence electrons. The van der Waals surface area contributed by atoms with Crippen LogP contribution in [0.5, 0.6) is 0 Å². The van der Waals surface area contributed by atoms with Gasteiger partial charge >= 0.3 is 0 Å². The van der Waals surface area contributed by atoms with E-state index in [9.17, 15) is 4.79 Å². The fraction of sp³-hybridized carbons (Fsp3) is 0.556. The molecular weight excluding hydrogens is 401 g/mol. The zero-order valence-corrected chi connectivity index (χ0v) is 17.3. The Labute approximate surface area is 177 Å². The zero-order chi connectivity index (χ0) is 17.9. The number of H-pyrrole nitrogens is 1. The van der Waals surface area contributed by atoms with E-state index in [1.165, 1.54) is 18.4 Å². The van der Waals surface area contributed by atoms with Gasteiger partial charge in [0, 0.05) is 56.5 Å². The minimum Gasteiger partial charge on any atom is -0.356 e. The van der Waals surface area contributed by atoms with Gasteiger partial charge in [0.2, 0.25) is 5.91 Å². The molecule has 2 aliphatic rings. The lowest BCUT2D eigenvalue weighted by atomic mass is 10.1. The second-order valence-electron chi connectivity index (χ2n) is 7.03. The Hall–Kier alpha value is -1.90. The van der Waals surface area contributed by atoms with Gasteiger partial charge in [0.15, 0.2) is 0 Å². The Morgan fingerprint density at radius 1 is 1.14 bits per heavy atom. The molecule has 1 fully saturated rings. The third kappa shape index (κ3) is 4.74. The molecule has 1 amide bonds. The number of carbonyl (C=O) groups is 1. The van der Waals surface area contributed by atoms with Crippen LogP contribution in [-0.2, 0) is 24.1 Å². The van der Waals surface area contributed by atoms with Crippen LogP contribution in [0, 0.1) is 0 Å². The average molecular weight is 428 g/mol. The second kappa shape index (κ2) is 10.0. The fourth-order valence-electron chi connectivity index (χ4n) is 3.89. The Balaban J connectivity index is 0.00000140. The van der Waals surface area contributed by atoms with Gasteiger partial charge in [-0.2, -0.15) is 0 Å². The van der Waals surface area contributed by atoms with E-state index < -0.39 is 6.04 Å². The molecule has 10 heteroatoms. The van der Waals surface area contributed by atoms with Crippen LogP contribution in [0.15, 0.2) is 18.9 Å². The van der Waals surface area contributed by atoms with Gasteiger partial charge in [-0.3, -0.25) is 4.79 Å². The highest BCUT2D eigenvalue weighted by Gasteiger charge is 2.27. The maximum absolute atomic E-state index is 12.8. The normalized spacial score (nSPS) is 17.2. The van der Waals surface area contributed by atoms with E-state index in [1.54, 1.807) is 18.9 Å². The molecule has 0 aliphatic carbocycles. The van der Waals surface area contributed by atoms with Crippen molar-refractivity contribution < 1.29 is 4.79 Å². The highest BCUT2D eigenvalue weighted by Crippen LogP contribution is 2.26. The lowest BCUT2D eigenvalue weighted by molar-refractivity contribution is -0.132. The number of aromatic nitrogens is 4. The summed E-state index contributed by atoms with van der Waals surface area (Å²) < 4.78 is 0. The van der Waals surface area contributed by atoms with Crippen LogP contribution in [0.2, 0.25) is 0 Å². The van der Waals surface area contributed by atoms with Gasteiger partial charge in [0.05, 0.1) is 18.1 Å². The number of amides is 1. The van der Waals surface area contributed by atoms with E-state index in [0.29, 0.717) is 19.5 Å². The van der Waals surface area contributed by atoms with Crippen LogP contribution in [0.1, 0.15) is 29.8 Å². The third-order valence-corrected chi connectivity index (χ3v) is 5.29. The van der Waals surface area contributed by atoms with Crippen LogP contribution in [0.3, 0.4) is 0 Å². The van der Waals surface area contributed by atoms with Gasteiger partial charge in [-0.25, -0.2) is 15.0 Å². The monoisotopic (exact) mass is 427 g/mol. The number of hydrogen-bond donors (Lipinski definition) is 2. The quantitative estimate of drug-likeness (QED) is 0.757. The summed E-state index contributed by atoms with van der Waals surface area (Å²) in [5, 5.41) is 0. The highest BCUT2D eigenvalue weighted by atomic mass is 35.5. The summed E-state index contributed by atoms with van der Waals surface area (Å²) in [6, 6.07) is -0.555. The molecule has 2 aliphatic heterocycles. The molecule has 28 heavy (non-hydrogen) atoms. The van der Waals surface area contributed by atoms with Gasteiger partial charge in [0.25, 0.3) is 0 Å². The number of anilines is 1. The first-order valence-corrected chi connectivity index (χ1v) is 9.31. The third-order valence-electron chi connectivity index (χ3n) is 5.29. The summed E-state index contributed by atoms with van der Waals surface area (Å²) in [7, 11) is 0. The number of fused-ring (bicyclic) bond motifs is 1. The van der Waals surface area contributed by atoms with E-state index >= 15 is 0 Å². The smallest absolute Gasteiger partial charge is 0.239 e. The van der Waals surface area contributed by atoms with Crippen molar-refractivity contribution >= 4 is 36.5 Å². The lowest BCUT2D eigenvalue weighted by Crippen LogP contribution is -2.46. The van der Waals surface area contributed by atoms with E-state index in [1.807, 2.05) is 4.90 Å². The number of rotatable bonds is 4. The summed E-state index contributed by atoms with van der Waals surface area (Å²) >= 11 is 0. The highest BCUT2D eigenvalue weighted by molar-refractivity contribution is 5.85. The SMILES string of the molecule is Cl.Cl.N[C@@H](Cc1cnc[nH]1)C(=O)N1CCc2ncnc(N3CCCC3)c2CC1. The number of nitrogens with one attached hydrogen (secondary N) is 1. The molecule has 2 aromatic rings. The molecule has 0 saturated carbocycles. The van der Waals surface area contributed by atoms with E-state index in [0.717, 1.165) is 43.1 Å². The number of nitrogens with two attached hydrogens (primary N) is 1. The number of carbonyl (C=O) groups excluding carboxylic acids is 1. The number of halogens is 2. The predicted octanol–water partition coefficient (Wildman–Crippen LogP) is 1.14. The Morgan fingerprint density at radius 3 is 2.61 bits per heavy atom. The molecule has 8 nitrogen and oxygen atoms in total. The fourth-order valence-corrected chi connectivity index (χ4v) is 3.89. The molecule has 0 bridgehead atoms. The van der Waals surface area contributed by atoms with Crippen LogP contribution in [0.4, 0.5) is 5.82 Å². The van der Waals surface area contributed by atoms with Gasteiger partial charge in [-0.1, -0.05) is 0 Å². The first-order chi connectivity index (χ1) is 12.7. The summed E-state index contributed by atoms with van der Waals surface area (Å²) in [5.41, 5.74) is 9.30. The molecule has 3 N–H and O–H groups in total. The average Bonchev–Trinajstić information content (AvgIpc) is 3.32. The van der Waals surface area contributed by atoms with E-state index in [4.69, 9.17) is 5.73 Å². The van der Waals surface area contributed by atoms with Crippen molar-refractivity contribution in [1.29, 1.82) is 0 Å². The Kier molecular flexibility index (Phi) is 8.03. The summed E-state index contributed by atoms with van der Waals surface area (Å²) in [5.74, 6) is 1.05. The molecule has 2 aromatic heterocycles. The van der Waals surface area contributed by atoms with Gasteiger partial charge < -0.3 is 20.5 Å². The van der Waals surface area contributed by atoms with Crippen molar-refractivity contribution in [3.05, 3.63) is 35.8 Å². The molecule has 0 radical (unpaired) electrons. The van der Waals surface area contributed by atoms with Gasteiger partial charge in [-0.15, -0.1) is 24.8 Å². The summed E-state index contributed by atoms with van der Waals surface area (Å²) in [6.45, 7) is 3.43. The van der Waals surface area contributed by atoms with Crippen LogP contribution in [-0.4, -0.2) is 63.0 Å². The maximum atomic E-state index is 12.8. The minimum atomic E-state index is -0.555. The first-order valence-electron chi connectivity index (χ1n) is 9.31. The Bertz CT molecular complexity index is 765. The molecular formula is C18H27Cl2N7O. The van der Waals surface area contributed by atoms with Gasteiger partial charge in [0.1, 0.15) is 12.1 Å². The van der Waals surface area contributed by atoms with Crippen molar-refractivity contribution in [2.75, 3.05) is 31.1 Å². The summed E-state index contributed by atoms with van der Waals surface area (Å²) in [6.07, 6.45) is 9.41. The molecule has 1 atom stereocenters. The van der Waals surface area contributed by atoms with Gasteiger partial charge in [-0.05, 0) is 19.3 Å². The molecule has 4 rings (SSSR count). The largest absolute Gasteiger partial charge is 0.356 e. The number of aromatic amines is 1.